The summed E-state index contributed by atoms with van der Waals surface area (Å²) in [4.78, 5) is 19.8. The summed E-state index contributed by atoms with van der Waals surface area (Å²) in [6.45, 7) is 3.23. The number of halogens is 2. The van der Waals surface area contributed by atoms with Gasteiger partial charge in [-0.1, -0.05) is 12.0 Å². The number of anilines is 1. The second kappa shape index (κ2) is 7.46. The largest absolute Gasteiger partial charge is 0.381 e. The Balaban J connectivity index is 1.47. The number of piperidine rings is 1. The minimum Gasteiger partial charge on any atom is -0.381 e. The Morgan fingerprint density at radius 3 is 2.74 bits per heavy atom. The highest BCUT2D eigenvalue weighted by atomic mass is 19.2. The lowest BCUT2D eigenvalue weighted by molar-refractivity contribution is 0.133. The third kappa shape index (κ3) is 3.37. The number of aromatic amines is 1. The van der Waals surface area contributed by atoms with Crippen LogP contribution in [-0.4, -0.2) is 46.1 Å². The third-order valence-electron chi connectivity index (χ3n) is 6.34. The van der Waals surface area contributed by atoms with E-state index in [2.05, 4.69) is 31.9 Å². The van der Waals surface area contributed by atoms with Crippen molar-refractivity contribution in [3.63, 3.8) is 0 Å². The quantitative estimate of drug-likeness (QED) is 0.606. The molecule has 160 valence electrons. The van der Waals surface area contributed by atoms with Crippen molar-refractivity contribution in [2.75, 3.05) is 31.2 Å². The summed E-state index contributed by atoms with van der Waals surface area (Å²) in [6, 6.07) is 3.76. The zero-order chi connectivity index (χ0) is 21.6. The molecule has 31 heavy (non-hydrogen) atoms. The number of benzene rings is 1. The maximum atomic E-state index is 13.9. The highest BCUT2D eigenvalue weighted by Gasteiger charge is 2.38. The molecule has 7 nitrogen and oxygen atoms in total. The van der Waals surface area contributed by atoms with Crippen LogP contribution in [-0.2, 0) is 11.8 Å². The van der Waals surface area contributed by atoms with Crippen molar-refractivity contribution in [3.8, 4) is 11.8 Å². The van der Waals surface area contributed by atoms with Gasteiger partial charge in [-0.25, -0.2) is 8.78 Å². The molecule has 9 heteroatoms. The molecular weight excluding hydrogens is 404 g/mol. The minimum absolute atomic E-state index is 0.101. The van der Waals surface area contributed by atoms with E-state index in [9.17, 15) is 13.6 Å². The first-order chi connectivity index (χ1) is 15.0. The van der Waals surface area contributed by atoms with Crippen LogP contribution in [0.1, 0.15) is 30.5 Å². The molecule has 1 aromatic carbocycles. The van der Waals surface area contributed by atoms with E-state index in [0.29, 0.717) is 11.6 Å². The maximum absolute atomic E-state index is 13.9. The molecule has 0 unspecified atom stereocenters. The van der Waals surface area contributed by atoms with Gasteiger partial charge in [0.15, 0.2) is 23.0 Å². The van der Waals surface area contributed by atoms with Crippen molar-refractivity contribution in [2.24, 2.45) is 12.5 Å². The molecule has 2 aliphatic rings. The molecule has 0 bridgehead atoms. The van der Waals surface area contributed by atoms with Crippen LogP contribution in [0, 0.1) is 28.9 Å². The summed E-state index contributed by atoms with van der Waals surface area (Å²) in [5, 5.41) is 7.07. The first kappa shape index (κ1) is 19.7. The van der Waals surface area contributed by atoms with Crippen LogP contribution in [0.25, 0.3) is 11.0 Å². The number of H-pyrrole nitrogens is 1. The Morgan fingerprint density at radius 1 is 1.19 bits per heavy atom. The van der Waals surface area contributed by atoms with Gasteiger partial charge >= 0.3 is 0 Å². The summed E-state index contributed by atoms with van der Waals surface area (Å²) < 4.78 is 34.3. The van der Waals surface area contributed by atoms with Gasteiger partial charge in [0, 0.05) is 26.7 Å². The third-order valence-corrected chi connectivity index (χ3v) is 6.34. The second-order valence-electron chi connectivity index (χ2n) is 8.21. The smallest absolute Gasteiger partial charge is 0.267 e. The lowest BCUT2D eigenvalue weighted by Crippen LogP contribution is -2.43. The van der Waals surface area contributed by atoms with Crippen LogP contribution < -0.4 is 10.5 Å². The van der Waals surface area contributed by atoms with Gasteiger partial charge < -0.3 is 9.64 Å². The maximum Gasteiger partial charge on any atom is 0.267 e. The monoisotopic (exact) mass is 425 g/mol. The van der Waals surface area contributed by atoms with Crippen LogP contribution >= 0.6 is 0 Å². The van der Waals surface area contributed by atoms with Gasteiger partial charge in [0.2, 0.25) is 5.95 Å². The average molecular weight is 425 g/mol. The summed E-state index contributed by atoms with van der Waals surface area (Å²) in [6.07, 6.45) is 3.08. The van der Waals surface area contributed by atoms with E-state index >= 15 is 0 Å². The van der Waals surface area contributed by atoms with E-state index < -0.39 is 11.6 Å². The molecule has 5 rings (SSSR count). The number of aromatic nitrogens is 4. The van der Waals surface area contributed by atoms with Gasteiger partial charge in [-0.3, -0.25) is 14.5 Å². The fraction of sp³-hybridized carbons (Fsp3) is 0.409. The molecular formula is C22H21F2N5O2. The molecule has 0 radical (unpaired) electrons. The molecule has 0 amide bonds. The molecule has 2 fully saturated rings. The van der Waals surface area contributed by atoms with Gasteiger partial charge in [-0.05, 0) is 42.7 Å². The first-order valence-electron chi connectivity index (χ1n) is 10.2. The van der Waals surface area contributed by atoms with E-state index in [1.165, 1.54) is 16.7 Å². The van der Waals surface area contributed by atoms with Crippen LogP contribution in [0.2, 0.25) is 0 Å². The van der Waals surface area contributed by atoms with E-state index in [1.807, 2.05) is 0 Å². The van der Waals surface area contributed by atoms with Crippen LogP contribution in [0.15, 0.2) is 23.0 Å². The number of rotatable bonds is 1. The number of nitrogens with one attached hydrogen (secondary N) is 1. The molecule has 2 saturated heterocycles. The van der Waals surface area contributed by atoms with E-state index in [4.69, 9.17) is 4.74 Å². The van der Waals surface area contributed by atoms with Crippen LogP contribution in [0.5, 0.6) is 0 Å². The van der Waals surface area contributed by atoms with Crippen molar-refractivity contribution < 1.29 is 13.5 Å². The Kier molecular flexibility index (Phi) is 4.74. The molecule has 1 N–H and O–H groups in total. The Labute approximate surface area is 177 Å². The fourth-order valence-corrected chi connectivity index (χ4v) is 4.37. The number of nitrogens with zero attached hydrogens (tertiary/aromatic N) is 4. The fourth-order valence-electron chi connectivity index (χ4n) is 4.37. The molecule has 0 saturated carbocycles. The summed E-state index contributed by atoms with van der Waals surface area (Å²) in [5.41, 5.74) is 0.339. The van der Waals surface area contributed by atoms with Crippen molar-refractivity contribution in [3.05, 3.63) is 51.4 Å². The number of hydrogen-bond acceptors (Lipinski definition) is 5. The second-order valence-corrected chi connectivity index (χ2v) is 8.21. The average Bonchev–Trinajstić information content (AvgIpc) is 3.40. The molecule has 4 heterocycles. The minimum atomic E-state index is -1.03. The standard InChI is InChI=1S/C22H21F2N5O2/c1-28-20(30)17-16(6-5-14-3-2-4-15(23)18(14)24)26-27-19(17)25-21(28)29-10-7-22(8-11-29)9-12-31-13-22/h2-4H,7-13H2,1H3,(H,26,27). The number of hydrogen-bond donors (Lipinski definition) is 1. The molecule has 0 atom stereocenters. The summed E-state index contributed by atoms with van der Waals surface area (Å²) >= 11 is 0. The van der Waals surface area contributed by atoms with Crippen LogP contribution in [0.3, 0.4) is 0 Å². The first-order valence-corrected chi connectivity index (χ1v) is 10.2. The van der Waals surface area contributed by atoms with Gasteiger partial charge in [0.25, 0.3) is 5.56 Å². The van der Waals surface area contributed by atoms with Crippen molar-refractivity contribution in [1.29, 1.82) is 0 Å². The number of ether oxygens (including phenoxy) is 1. The Morgan fingerprint density at radius 2 is 2.00 bits per heavy atom. The molecule has 2 aromatic heterocycles. The molecule has 3 aromatic rings. The molecule has 0 aliphatic carbocycles. The van der Waals surface area contributed by atoms with Gasteiger partial charge in [0.05, 0.1) is 12.2 Å². The SMILES string of the molecule is Cn1c(N2CCC3(CCOC3)CC2)nc2[nH]nc(C#Cc3cccc(F)c3F)c2c1=O. The van der Waals surface area contributed by atoms with Crippen LogP contribution in [0.4, 0.5) is 14.7 Å². The highest BCUT2D eigenvalue weighted by molar-refractivity contribution is 5.81. The predicted molar refractivity (Wildman–Crippen MR) is 111 cm³/mol. The van der Waals surface area contributed by atoms with Crippen molar-refractivity contribution in [2.45, 2.75) is 19.3 Å². The lowest BCUT2D eigenvalue weighted by Gasteiger charge is -2.39. The van der Waals surface area contributed by atoms with E-state index in [0.717, 1.165) is 51.6 Å². The lowest BCUT2D eigenvalue weighted by atomic mass is 9.78. The number of fused-ring (bicyclic) bond motifs is 1. The van der Waals surface area contributed by atoms with Gasteiger partial charge in [-0.15, -0.1) is 0 Å². The Hall–Kier alpha value is -3.25. The van der Waals surface area contributed by atoms with E-state index in [1.54, 1.807) is 7.05 Å². The molecule has 1 spiro atoms. The normalized spacial score (nSPS) is 17.8. The topological polar surface area (TPSA) is 76.0 Å². The molecule has 2 aliphatic heterocycles. The van der Waals surface area contributed by atoms with Gasteiger partial charge in [-0.2, -0.15) is 10.1 Å². The Bertz CT molecular complexity index is 1270. The van der Waals surface area contributed by atoms with E-state index in [-0.39, 0.29) is 27.6 Å². The predicted octanol–water partition coefficient (Wildman–Crippen LogP) is 2.34. The van der Waals surface area contributed by atoms with Crippen molar-refractivity contribution >= 4 is 17.0 Å². The highest BCUT2D eigenvalue weighted by Crippen LogP contribution is 2.39. The zero-order valence-corrected chi connectivity index (χ0v) is 17.0. The summed E-state index contributed by atoms with van der Waals surface area (Å²) in [7, 11) is 1.67. The zero-order valence-electron chi connectivity index (χ0n) is 17.0. The van der Waals surface area contributed by atoms with Crippen molar-refractivity contribution in [1.82, 2.24) is 19.7 Å². The van der Waals surface area contributed by atoms with Gasteiger partial charge in [0.1, 0.15) is 5.39 Å². The summed E-state index contributed by atoms with van der Waals surface area (Å²) in [5.74, 6) is 3.79.